The third-order valence-electron chi connectivity index (χ3n) is 3.69. The zero-order valence-corrected chi connectivity index (χ0v) is 12.5. The largest absolute Gasteiger partial charge is 0.348 e. The van der Waals surface area contributed by atoms with Crippen LogP contribution in [0.3, 0.4) is 0 Å². The average molecular weight is 299 g/mol. The molecule has 2 N–H and O–H groups in total. The Kier molecular flexibility index (Phi) is 4.02. The van der Waals surface area contributed by atoms with Crippen LogP contribution in [-0.4, -0.2) is 19.5 Å². The van der Waals surface area contributed by atoms with Gasteiger partial charge in [-0.15, -0.1) is 0 Å². The molecule has 3 aromatic rings. The molecule has 0 aliphatic rings. The molecule has 0 saturated heterocycles. The Hall–Kier alpha value is -2.47. The van der Waals surface area contributed by atoms with Crippen molar-refractivity contribution in [1.29, 1.82) is 0 Å². The van der Waals surface area contributed by atoms with Crippen LogP contribution in [0.2, 0.25) is 0 Å². The molecule has 0 fully saturated rings. The molecule has 0 aliphatic carbocycles. The summed E-state index contributed by atoms with van der Waals surface area (Å²) in [6.07, 6.45) is 6.91. The lowest BCUT2D eigenvalue weighted by Gasteiger charge is -2.15. The van der Waals surface area contributed by atoms with E-state index in [1.54, 1.807) is 41.5 Å². The van der Waals surface area contributed by atoms with E-state index in [0.717, 1.165) is 17.2 Å². The summed E-state index contributed by atoms with van der Waals surface area (Å²) in [6, 6.07) is 5.30. The molecule has 0 spiro atoms. The van der Waals surface area contributed by atoms with Gasteiger partial charge in [0.1, 0.15) is 17.5 Å². The van der Waals surface area contributed by atoms with E-state index in [1.807, 2.05) is 19.9 Å². The molecule has 0 bridgehead atoms. The van der Waals surface area contributed by atoms with Crippen molar-refractivity contribution in [2.45, 2.75) is 26.4 Å². The second-order valence-electron chi connectivity index (χ2n) is 5.19. The molecule has 3 rings (SSSR count). The van der Waals surface area contributed by atoms with Crippen molar-refractivity contribution < 1.29 is 4.39 Å². The Labute approximate surface area is 128 Å². The number of imidazole rings is 2. The van der Waals surface area contributed by atoms with E-state index >= 15 is 0 Å². The van der Waals surface area contributed by atoms with Gasteiger partial charge in [0.05, 0.1) is 12.2 Å². The summed E-state index contributed by atoms with van der Waals surface area (Å²) in [5, 5.41) is 3.31. The van der Waals surface area contributed by atoms with E-state index < -0.39 is 0 Å². The van der Waals surface area contributed by atoms with Crippen LogP contribution in [0.1, 0.15) is 30.2 Å². The number of hydrogen-bond donors (Lipinski definition) is 2. The maximum atomic E-state index is 14.4. The topological polar surface area (TPSA) is 58.5 Å². The number of nitrogens with one attached hydrogen (secondary N) is 2. The third kappa shape index (κ3) is 2.92. The van der Waals surface area contributed by atoms with Crippen LogP contribution in [-0.2, 0) is 6.54 Å². The molecule has 5 nitrogen and oxygen atoms in total. The fourth-order valence-electron chi connectivity index (χ4n) is 2.38. The molecule has 0 saturated carbocycles. The summed E-state index contributed by atoms with van der Waals surface area (Å²) in [6.45, 7) is 4.46. The number of benzene rings is 1. The molecule has 2 heterocycles. The summed E-state index contributed by atoms with van der Waals surface area (Å²) < 4.78 is 16.1. The number of aromatic nitrogens is 4. The quantitative estimate of drug-likeness (QED) is 0.761. The van der Waals surface area contributed by atoms with Crippen molar-refractivity contribution in [3.63, 3.8) is 0 Å². The molecule has 0 unspecified atom stereocenters. The van der Waals surface area contributed by atoms with Gasteiger partial charge in [-0.3, -0.25) is 0 Å². The molecule has 1 atom stereocenters. The summed E-state index contributed by atoms with van der Waals surface area (Å²) in [4.78, 5) is 11.3. The summed E-state index contributed by atoms with van der Waals surface area (Å²) in [7, 11) is 0. The Balaban J connectivity index is 1.75. The van der Waals surface area contributed by atoms with Crippen molar-refractivity contribution >= 4 is 0 Å². The molecule has 22 heavy (non-hydrogen) atoms. The van der Waals surface area contributed by atoms with Crippen molar-refractivity contribution in [1.82, 2.24) is 24.8 Å². The fraction of sp³-hybridized carbons (Fsp3) is 0.250. The first kappa shape index (κ1) is 14.5. The third-order valence-corrected chi connectivity index (χ3v) is 3.69. The SMILES string of the molecule is Cc1nccn1-c1ccc([C@@H](C)NCc2ncc[nH]2)cc1F. The van der Waals surface area contributed by atoms with Gasteiger partial charge in [-0.1, -0.05) is 6.07 Å². The van der Waals surface area contributed by atoms with Gasteiger partial charge in [0.2, 0.25) is 0 Å². The number of aryl methyl sites for hydroxylation is 1. The maximum Gasteiger partial charge on any atom is 0.147 e. The number of hydrogen-bond acceptors (Lipinski definition) is 3. The van der Waals surface area contributed by atoms with Crippen LogP contribution >= 0.6 is 0 Å². The lowest BCUT2D eigenvalue weighted by Crippen LogP contribution is -2.19. The highest BCUT2D eigenvalue weighted by atomic mass is 19.1. The number of halogens is 1. The van der Waals surface area contributed by atoms with Crippen LogP contribution in [0.5, 0.6) is 0 Å². The second kappa shape index (κ2) is 6.11. The van der Waals surface area contributed by atoms with Gasteiger partial charge in [0.15, 0.2) is 0 Å². The lowest BCUT2D eigenvalue weighted by molar-refractivity contribution is 0.553. The van der Waals surface area contributed by atoms with Crippen LogP contribution in [0.25, 0.3) is 5.69 Å². The standard InChI is InChI=1S/C16H18FN5/c1-11(21-10-16-19-5-6-20-16)13-3-4-15(14(17)9-13)22-8-7-18-12(22)2/h3-9,11,21H,10H2,1-2H3,(H,19,20)/t11-/m1/s1. The minimum atomic E-state index is -0.259. The summed E-state index contributed by atoms with van der Waals surface area (Å²) in [5.41, 5.74) is 1.41. The fourth-order valence-corrected chi connectivity index (χ4v) is 2.38. The minimum absolute atomic E-state index is 0.0255. The van der Waals surface area contributed by atoms with E-state index in [1.165, 1.54) is 0 Å². The highest BCUT2D eigenvalue weighted by molar-refractivity contribution is 5.38. The van der Waals surface area contributed by atoms with Gasteiger partial charge in [-0.05, 0) is 31.5 Å². The number of rotatable bonds is 5. The Bertz CT molecular complexity index is 748. The molecule has 0 amide bonds. The van der Waals surface area contributed by atoms with E-state index in [2.05, 4.69) is 20.3 Å². The second-order valence-corrected chi connectivity index (χ2v) is 5.19. The van der Waals surface area contributed by atoms with E-state index in [-0.39, 0.29) is 11.9 Å². The van der Waals surface area contributed by atoms with E-state index in [9.17, 15) is 4.39 Å². The molecule has 6 heteroatoms. The Morgan fingerprint density at radius 2 is 2.18 bits per heavy atom. The van der Waals surface area contributed by atoms with E-state index in [0.29, 0.717) is 12.2 Å². The van der Waals surface area contributed by atoms with Gasteiger partial charge in [0.25, 0.3) is 0 Å². The predicted octanol–water partition coefficient (Wildman–Crippen LogP) is 2.89. The zero-order valence-electron chi connectivity index (χ0n) is 12.5. The van der Waals surface area contributed by atoms with Crippen molar-refractivity contribution in [3.8, 4) is 5.69 Å². The minimum Gasteiger partial charge on any atom is -0.348 e. The van der Waals surface area contributed by atoms with Crippen molar-refractivity contribution in [2.24, 2.45) is 0 Å². The van der Waals surface area contributed by atoms with Gasteiger partial charge < -0.3 is 14.9 Å². The highest BCUT2D eigenvalue weighted by Crippen LogP contribution is 2.20. The number of aromatic amines is 1. The highest BCUT2D eigenvalue weighted by Gasteiger charge is 2.11. The number of H-pyrrole nitrogens is 1. The first-order chi connectivity index (χ1) is 10.6. The smallest absolute Gasteiger partial charge is 0.147 e. The van der Waals surface area contributed by atoms with Crippen LogP contribution in [0.15, 0.2) is 43.0 Å². The first-order valence-corrected chi connectivity index (χ1v) is 7.16. The van der Waals surface area contributed by atoms with Crippen LogP contribution in [0.4, 0.5) is 4.39 Å². The Morgan fingerprint density at radius 1 is 1.32 bits per heavy atom. The predicted molar refractivity (Wildman–Crippen MR) is 82.1 cm³/mol. The molecule has 1 aromatic carbocycles. The van der Waals surface area contributed by atoms with Gasteiger partial charge in [0, 0.05) is 30.8 Å². The Morgan fingerprint density at radius 3 is 2.82 bits per heavy atom. The zero-order chi connectivity index (χ0) is 15.5. The lowest BCUT2D eigenvalue weighted by atomic mass is 10.1. The normalized spacial score (nSPS) is 12.5. The van der Waals surface area contributed by atoms with Crippen molar-refractivity contribution in [2.75, 3.05) is 0 Å². The van der Waals surface area contributed by atoms with Crippen LogP contribution in [0, 0.1) is 12.7 Å². The van der Waals surface area contributed by atoms with Gasteiger partial charge in [-0.25, -0.2) is 14.4 Å². The molecule has 114 valence electrons. The summed E-state index contributed by atoms with van der Waals surface area (Å²) >= 11 is 0. The molecular weight excluding hydrogens is 281 g/mol. The molecule has 0 aliphatic heterocycles. The summed E-state index contributed by atoms with van der Waals surface area (Å²) in [5.74, 6) is 1.36. The monoisotopic (exact) mass is 299 g/mol. The first-order valence-electron chi connectivity index (χ1n) is 7.16. The molecule has 2 aromatic heterocycles. The van der Waals surface area contributed by atoms with Gasteiger partial charge in [-0.2, -0.15) is 0 Å². The molecule has 0 radical (unpaired) electrons. The molecular formula is C16H18FN5. The maximum absolute atomic E-state index is 14.4. The number of nitrogens with zero attached hydrogens (tertiary/aromatic N) is 3. The van der Waals surface area contributed by atoms with Crippen molar-refractivity contribution in [3.05, 3.63) is 66.0 Å². The average Bonchev–Trinajstić information content (AvgIpc) is 3.16. The van der Waals surface area contributed by atoms with Crippen LogP contribution < -0.4 is 5.32 Å². The van der Waals surface area contributed by atoms with Gasteiger partial charge >= 0.3 is 0 Å². The van der Waals surface area contributed by atoms with E-state index in [4.69, 9.17) is 0 Å².